The Kier molecular flexibility index (Phi) is 6.15. The monoisotopic (exact) mass is 522 g/mol. The van der Waals surface area contributed by atoms with Crippen LogP contribution in [0.3, 0.4) is 0 Å². The van der Waals surface area contributed by atoms with Gasteiger partial charge in [0.15, 0.2) is 0 Å². The summed E-state index contributed by atoms with van der Waals surface area (Å²) in [6.07, 6.45) is 9.19. The van der Waals surface area contributed by atoms with Gasteiger partial charge in [-0.3, -0.25) is 14.5 Å². The highest BCUT2D eigenvalue weighted by Crippen LogP contribution is 2.45. The van der Waals surface area contributed by atoms with E-state index in [1.807, 2.05) is 23.1 Å². The molecule has 0 bridgehead atoms. The topological polar surface area (TPSA) is 89.7 Å². The maximum absolute atomic E-state index is 14.2. The van der Waals surface area contributed by atoms with Crippen LogP contribution in [0.2, 0.25) is 5.02 Å². The number of H-pyrrole nitrogens is 1. The number of nitriles is 1. The Morgan fingerprint density at radius 1 is 1.11 bits per heavy atom. The predicted octanol–water partition coefficient (Wildman–Crippen LogP) is 4.34. The normalized spacial score (nSPS) is 22.7. The van der Waals surface area contributed by atoms with E-state index in [1.54, 1.807) is 6.20 Å². The van der Waals surface area contributed by atoms with Crippen LogP contribution in [0.1, 0.15) is 24.8 Å². The minimum atomic E-state index is -0.598. The molecule has 2 aliphatic rings. The van der Waals surface area contributed by atoms with Crippen LogP contribution in [-0.4, -0.2) is 66.8 Å². The van der Waals surface area contributed by atoms with Gasteiger partial charge in [0, 0.05) is 67.7 Å². The van der Waals surface area contributed by atoms with Gasteiger partial charge in [0.25, 0.3) is 0 Å². The highest BCUT2D eigenvalue weighted by Gasteiger charge is 2.49. The Morgan fingerprint density at radius 2 is 1.89 bits per heavy atom. The van der Waals surface area contributed by atoms with Crippen LogP contribution in [0.25, 0.3) is 22.3 Å². The molecule has 1 saturated carbocycles. The van der Waals surface area contributed by atoms with Crippen LogP contribution in [0.4, 0.5) is 8.78 Å². The second-order valence-corrected chi connectivity index (χ2v) is 10.3. The molecule has 0 radical (unpaired) electrons. The van der Waals surface area contributed by atoms with Gasteiger partial charge in [-0.25, -0.2) is 18.7 Å². The van der Waals surface area contributed by atoms with Gasteiger partial charge < -0.3 is 4.98 Å². The summed E-state index contributed by atoms with van der Waals surface area (Å²) in [7, 11) is 0. The molecule has 3 aromatic heterocycles. The van der Waals surface area contributed by atoms with Gasteiger partial charge in [0.05, 0.1) is 34.9 Å². The van der Waals surface area contributed by atoms with Gasteiger partial charge in [-0.05, 0) is 31.0 Å². The molecule has 190 valence electrons. The first-order chi connectivity index (χ1) is 18.0. The molecule has 4 heterocycles. The molecule has 1 aliphatic heterocycles. The minimum absolute atomic E-state index is 0.138. The van der Waals surface area contributed by atoms with E-state index in [1.165, 1.54) is 6.33 Å². The third-order valence-corrected chi connectivity index (χ3v) is 8.19. The van der Waals surface area contributed by atoms with E-state index in [0.29, 0.717) is 12.5 Å². The van der Waals surface area contributed by atoms with E-state index >= 15 is 0 Å². The number of nitrogens with one attached hydrogen (secondary N) is 1. The summed E-state index contributed by atoms with van der Waals surface area (Å²) >= 11 is 6.02. The summed E-state index contributed by atoms with van der Waals surface area (Å²) in [6, 6.07) is 6.83. The molecule has 6 rings (SSSR count). The molecular weight excluding hydrogens is 498 g/mol. The molecule has 37 heavy (non-hydrogen) atoms. The lowest BCUT2D eigenvalue weighted by Gasteiger charge is -2.52. The van der Waals surface area contributed by atoms with E-state index in [9.17, 15) is 14.0 Å². The molecule has 8 nitrogen and oxygen atoms in total. The number of hydrogen-bond acceptors (Lipinski definition) is 6. The Morgan fingerprint density at radius 3 is 2.68 bits per heavy atom. The molecule has 1 aromatic carbocycles. The van der Waals surface area contributed by atoms with Crippen molar-refractivity contribution in [3.8, 4) is 17.3 Å². The van der Waals surface area contributed by atoms with Crippen LogP contribution in [0.15, 0.2) is 43.1 Å². The van der Waals surface area contributed by atoms with Gasteiger partial charge in [-0.1, -0.05) is 11.6 Å². The lowest BCUT2D eigenvalue weighted by Crippen LogP contribution is -2.60. The zero-order valence-corrected chi connectivity index (χ0v) is 20.8. The SMILES string of the molecule is N#CCC1(n2cc(-c3ncnc4[nH]ccc34)cn2)CC(N2CCN(Cc3c(F)ccc(F)c3Cl)CC2)C1. The van der Waals surface area contributed by atoms with E-state index in [2.05, 4.69) is 35.9 Å². The molecule has 0 amide bonds. The van der Waals surface area contributed by atoms with Crippen molar-refractivity contribution in [1.82, 2.24) is 34.5 Å². The molecule has 1 saturated heterocycles. The summed E-state index contributed by atoms with van der Waals surface area (Å²) in [6.45, 7) is 3.39. The van der Waals surface area contributed by atoms with Crippen LogP contribution >= 0.6 is 11.6 Å². The largest absolute Gasteiger partial charge is 0.346 e. The third kappa shape index (κ3) is 4.27. The molecule has 1 aliphatic carbocycles. The average molecular weight is 523 g/mol. The second-order valence-electron chi connectivity index (χ2n) is 9.89. The van der Waals surface area contributed by atoms with Gasteiger partial charge >= 0.3 is 0 Å². The van der Waals surface area contributed by atoms with Gasteiger partial charge in [0.1, 0.15) is 23.6 Å². The molecule has 0 atom stereocenters. The number of benzene rings is 1. The van der Waals surface area contributed by atoms with E-state index in [4.69, 9.17) is 11.6 Å². The quantitative estimate of drug-likeness (QED) is 0.379. The van der Waals surface area contributed by atoms with Crippen molar-refractivity contribution in [2.45, 2.75) is 37.4 Å². The zero-order chi connectivity index (χ0) is 25.6. The van der Waals surface area contributed by atoms with Crippen molar-refractivity contribution in [2.75, 3.05) is 26.2 Å². The predicted molar refractivity (Wildman–Crippen MR) is 135 cm³/mol. The van der Waals surface area contributed by atoms with Crippen molar-refractivity contribution in [3.05, 3.63) is 65.3 Å². The third-order valence-electron chi connectivity index (χ3n) is 7.78. The Labute approximate surface area is 217 Å². The Hall–Kier alpha value is -3.39. The van der Waals surface area contributed by atoms with Crippen LogP contribution < -0.4 is 0 Å². The lowest BCUT2D eigenvalue weighted by atomic mass is 9.70. The van der Waals surface area contributed by atoms with Crippen molar-refractivity contribution < 1.29 is 8.78 Å². The number of rotatable bonds is 6. The molecule has 1 N–H and O–H groups in total. The Bertz CT molecular complexity index is 1480. The molecule has 2 fully saturated rings. The number of piperazine rings is 1. The molecular formula is C26H25ClF2N8. The number of fused-ring (bicyclic) bond motifs is 1. The first-order valence-corrected chi connectivity index (χ1v) is 12.6. The fraction of sp³-hybridized carbons (Fsp3) is 0.385. The van der Waals surface area contributed by atoms with Gasteiger partial charge in [-0.2, -0.15) is 10.4 Å². The molecule has 0 spiro atoms. The maximum atomic E-state index is 14.2. The molecule has 0 unspecified atom stereocenters. The minimum Gasteiger partial charge on any atom is -0.346 e. The fourth-order valence-electron chi connectivity index (χ4n) is 5.67. The fourth-order valence-corrected chi connectivity index (χ4v) is 5.88. The summed E-state index contributed by atoms with van der Waals surface area (Å²) < 4.78 is 29.9. The summed E-state index contributed by atoms with van der Waals surface area (Å²) in [5, 5.41) is 15.0. The van der Waals surface area contributed by atoms with Crippen LogP contribution in [0.5, 0.6) is 0 Å². The van der Waals surface area contributed by atoms with Crippen molar-refractivity contribution in [1.29, 1.82) is 5.26 Å². The van der Waals surface area contributed by atoms with Crippen LogP contribution in [0, 0.1) is 23.0 Å². The summed E-state index contributed by atoms with van der Waals surface area (Å²) in [5.74, 6) is -1.08. The van der Waals surface area contributed by atoms with Crippen molar-refractivity contribution >= 4 is 22.6 Å². The van der Waals surface area contributed by atoms with E-state index < -0.39 is 11.6 Å². The highest BCUT2D eigenvalue weighted by molar-refractivity contribution is 6.31. The van der Waals surface area contributed by atoms with Gasteiger partial charge in [0.2, 0.25) is 0 Å². The summed E-state index contributed by atoms with van der Waals surface area (Å²) in [5.41, 5.74) is 2.34. The highest BCUT2D eigenvalue weighted by atomic mass is 35.5. The average Bonchev–Trinajstić information content (AvgIpc) is 3.57. The second kappa shape index (κ2) is 9.49. The maximum Gasteiger partial charge on any atom is 0.142 e. The summed E-state index contributed by atoms with van der Waals surface area (Å²) in [4.78, 5) is 16.3. The van der Waals surface area contributed by atoms with Crippen molar-refractivity contribution in [2.24, 2.45) is 0 Å². The van der Waals surface area contributed by atoms with E-state index in [0.717, 1.165) is 73.4 Å². The molecule has 11 heteroatoms. The Balaban J connectivity index is 1.11. The molecule has 4 aromatic rings. The zero-order valence-electron chi connectivity index (χ0n) is 20.0. The number of aromatic amines is 1. The number of aromatic nitrogens is 5. The number of halogens is 3. The number of nitrogens with zero attached hydrogens (tertiary/aromatic N) is 7. The smallest absolute Gasteiger partial charge is 0.142 e. The van der Waals surface area contributed by atoms with Crippen molar-refractivity contribution in [3.63, 3.8) is 0 Å². The first-order valence-electron chi connectivity index (χ1n) is 12.3. The van der Waals surface area contributed by atoms with E-state index in [-0.39, 0.29) is 22.7 Å². The first kappa shape index (κ1) is 24.0. The van der Waals surface area contributed by atoms with Gasteiger partial charge in [-0.15, -0.1) is 0 Å². The van der Waals surface area contributed by atoms with Crippen LogP contribution in [-0.2, 0) is 12.1 Å². The standard InChI is InChI=1S/C26H25ClF2N8/c27-23-20(21(28)1-2-22(23)29)15-35-7-9-36(10-8-35)18-11-26(12-18,4-5-30)37-14-17(13-34-37)24-19-3-6-31-25(19)33-16-32-24/h1-3,6,13-14,16,18H,4,7-12,15H2,(H,31,32,33). The number of hydrogen-bond donors (Lipinski definition) is 1. The lowest BCUT2D eigenvalue weighted by molar-refractivity contribution is -0.0192.